The number of hydrazine groups is 1. The first kappa shape index (κ1) is 31.5. The van der Waals surface area contributed by atoms with Crippen molar-refractivity contribution in [3.63, 3.8) is 0 Å². The number of carbonyl (C=O) groups is 2. The van der Waals surface area contributed by atoms with Crippen LogP contribution in [0.5, 0.6) is 0 Å². The Bertz CT molecular complexity index is 1170. The van der Waals surface area contributed by atoms with E-state index in [1.165, 1.54) is 11.3 Å². The van der Waals surface area contributed by atoms with Gasteiger partial charge in [-0.15, -0.1) is 0 Å². The van der Waals surface area contributed by atoms with Crippen molar-refractivity contribution in [3.8, 4) is 0 Å². The lowest BCUT2D eigenvalue weighted by atomic mass is 9.93. The number of carbonyl (C=O) groups excluding carboxylic acids is 2. The summed E-state index contributed by atoms with van der Waals surface area (Å²) in [5.41, 5.74) is 5.40. The summed E-state index contributed by atoms with van der Waals surface area (Å²) in [4.78, 5) is 38.7. The van der Waals surface area contributed by atoms with Crippen molar-refractivity contribution >= 4 is 28.5 Å². The molecule has 0 spiro atoms. The molecule has 1 aliphatic heterocycles. The average Bonchev–Trinajstić information content (AvgIpc) is 2.97. The van der Waals surface area contributed by atoms with Crippen molar-refractivity contribution < 1.29 is 33.0 Å². The second-order valence-corrected chi connectivity index (χ2v) is 9.29. The largest absolute Gasteiger partial charge is 0.422 e. The third kappa shape index (κ3) is 9.00. The van der Waals surface area contributed by atoms with E-state index in [1.807, 2.05) is 5.43 Å². The summed E-state index contributed by atoms with van der Waals surface area (Å²) >= 11 is 0. The van der Waals surface area contributed by atoms with E-state index in [0.717, 1.165) is 43.3 Å². The summed E-state index contributed by atoms with van der Waals surface area (Å²) in [6.07, 6.45) is 3.00. The van der Waals surface area contributed by atoms with Crippen molar-refractivity contribution in [1.29, 1.82) is 0 Å². The van der Waals surface area contributed by atoms with Gasteiger partial charge in [0.05, 0.1) is 59.3 Å². The Morgan fingerprint density at radius 1 is 0.975 bits per heavy atom. The number of nitrogens with zero attached hydrogens (tertiary/aromatic N) is 1. The number of fused-ring (bicyclic) bond motifs is 2. The lowest BCUT2D eigenvalue weighted by Crippen LogP contribution is -2.32. The minimum Gasteiger partial charge on any atom is -0.422 e. The highest BCUT2D eigenvalue weighted by molar-refractivity contribution is 5.98. The van der Waals surface area contributed by atoms with Gasteiger partial charge in [0.25, 0.3) is 5.91 Å². The minimum absolute atomic E-state index is 0.00699. The van der Waals surface area contributed by atoms with E-state index in [-0.39, 0.29) is 37.6 Å². The summed E-state index contributed by atoms with van der Waals surface area (Å²) in [7, 11) is 0. The van der Waals surface area contributed by atoms with Gasteiger partial charge >= 0.3 is 5.63 Å². The van der Waals surface area contributed by atoms with Crippen LogP contribution in [0.2, 0.25) is 0 Å². The zero-order valence-corrected chi connectivity index (χ0v) is 23.6. The number of ether oxygens (including phenoxy) is 4. The Hall–Kier alpha value is -3.03. The van der Waals surface area contributed by atoms with Gasteiger partial charge in [-0.3, -0.25) is 15.0 Å². The first-order chi connectivity index (χ1) is 19.5. The zero-order valence-electron chi connectivity index (χ0n) is 23.6. The first-order valence-electron chi connectivity index (χ1n) is 14.0. The monoisotopic (exact) mass is 562 g/mol. The Balaban J connectivity index is 1.34. The molecule has 0 aliphatic carbocycles. The maximum atomic E-state index is 12.7. The quantitative estimate of drug-likeness (QED) is 0.0796. The number of aryl methyl sites for hydroxylation is 2. The molecule has 1 aliphatic rings. The molecule has 2 heterocycles. The number of hydrogen-bond donors (Lipinski definition) is 3. The van der Waals surface area contributed by atoms with Gasteiger partial charge in [0, 0.05) is 36.3 Å². The molecular weight excluding hydrogens is 520 g/mol. The summed E-state index contributed by atoms with van der Waals surface area (Å²) in [6, 6.07) is 3.70. The fraction of sp³-hybridized carbons (Fsp3) is 0.607. The molecule has 2 amide bonds. The molecule has 0 saturated carbocycles. The van der Waals surface area contributed by atoms with Crippen LogP contribution in [-0.4, -0.2) is 84.3 Å². The molecule has 0 bridgehead atoms. The molecule has 0 fully saturated rings. The normalized spacial score (nSPS) is 12.9. The number of hydrogen-bond acceptors (Lipinski definition) is 10. The second kappa shape index (κ2) is 16.9. The average molecular weight is 563 g/mol. The lowest BCUT2D eigenvalue weighted by molar-refractivity contribution is -0.122. The highest BCUT2D eigenvalue weighted by atomic mass is 16.6. The number of anilines is 1. The molecule has 0 radical (unpaired) electrons. The molecule has 12 heteroatoms. The Morgan fingerprint density at radius 3 is 2.25 bits per heavy atom. The first-order valence-corrected chi connectivity index (χ1v) is 14.0. The van der Waals surface area contributed by atoms with Crippen LogP contribution in [0.1, 0.15) is 48.2 Å². The van der Waals surface area contributed by atoms with Crippen LogP contribution in [0.25, 0.3) is 11.0 Å². The van der Waals surface area contributed by atoms with Crippen LogP contribution in [0, 0.1) is 0 Å². The Morgan fingerprint density at radius 2 is 1.62 bits per heavy atom. The standard InChI is InChI=1S/C28H42N4O8/c1-3-22-25-20(6-5-9-32(25)4-2)18-21-19-23(28(35)40-26(21)22)27(34)30-8-11-37-13-15-39-17-16-38-14-12-36-10-7-24(33)31-29/h18-19H,3-17,29H2,1-2H3,(H,30,34)(H,31,33). The third-order valence-electron chi connectivity index (χ3n) is 6.62. The number of rotatable bonds is 18. The minimum atomic E-state index is -0.638. The van der Waals surface area contributed by atoms with Gasteiger partial charge in [-0.25, -0.2) is 10.6 Å². The fourth-order valence-electron chi connectivity index (χ4n) is 4.68. The summed E-state index contributed by atoms with van der Waals surface area (Å²) in [6.45, 7) is 9.26. The van der Waals surface area contributed by atoms with Crippen molar-refractivity contribution in [2.24, 2.45) is 5.84 Å². The topological polar surface area (TPSA) is 155 Å². The van der Waals surface area contributed by atoms with E-state index in [0.29, 0.717) is 45.2 Å². The van der Waals surface area contributed by atoms with Crippen LogP contribution >= 0.6 is 0 Å². The number of nitrogens with one attached hydrogen (secondary N) is 2. The van der Waals surface area contributed by atoms with Gasteiger partial charge < -0.3 is 33.6 Å². The van der Waals surface area contributed by atoms with Gasteiger partial charge in [-0.2, -0.15) is 0 Å². The number of amides is 2. The van der Waals surface area contributed by atoms with Gasteiger partial charge in [-0.05, 0) is 43.9 Å². The van der Waals surface area contributed by atoms with Gasteiger partial charge in [-0.1, -0.05) is 6.92 Å². The summed E-state index contributed by atoms with van der Waals surface area (Å²) < 4.78 is 27.2. The number of nitrogens with two attached hydrogens (primary N) is 1. The molecule has 3 rings (SSSR count). The van der Waals surface area contributed by atoms with Crippen LogP contribution in [0.4, 0.5) is 5.69 Å². The van der Waals surface area contributed by atoms with Crippen molar-refractivity contribution in [2.75, 3.05) is 77.4 Å². The van der Waals surface area contributed by atoms with Crippen molar-refractivity contribution in [1.82, 2.24) is 10.7 Å². The fourth-order valence-corrected chi connectivity index (χ4v) is 4.68. The van der Waals surface area contributed by atoms with Gasteiger partial charge in [0.1, 0.15) is 11.1 Å². The van der Waals surface area contributed by atoms with Crippen LogP contribution < -0.4 is 27.1 Å². The highest BCUT2D eigenvalue weighted by Gasteiger charge is 2.23. The molecule has 0 unspecified atom stereocenters. The summed E-state index contributed by atoms with van der Waals surface area (Å²) in [5.74, 6) is 4.22. The molecular formula is C28H42N4O8. The van der Waals surface area contributed by atoms with E-state index >= 15 is 0 Å². The zero-order chi connectivity index (χ0) is 28.7. The lowest BCUT2D eigenvalue weighted by Gasteiger charge is -2.32. The predicted molar refractivity (Wildman–Crippen MR) is 151 cm³/mol. The van der Waals surface area contributed by atoms with Gasteiger partial charge in [0.2, 0.25) is 5.91 Å². The molecule has 1 aromatic heterocycles. The van der Waals surface area contributed by atoms with E-state index in [2.05, 4.69) is 30.1 Å². The SMILES string of the molecule is CCc1c2c(cc3cc(C(=O)NCCOCCOCCOCCOCCC(=O)NN)c(=O)oc13)CCCN2CC. The van der Waals surface area contributed by atoms with Crippen LogP contribution in [0.15, 0.2) is 21.3 Å². The van der Waals surface area contributed by atoms with E-state index in [4.69, 9.17) is 29.2 Å². The van der Waals surface area contributed by atoms with E-state index in [1.54, 1.807) is 6.07 Å². The van der Waals surface area contributed by atoms with Gasteiger partial charge in [0.15, 0.2) is 0 Å². The number of benzene rings is 1. The Labute approximate surface area is 234 Å². The second-order valence-electron chi connectivity index (χ2n) is 9.29. The van der Waals surface area contributed by atoms with Crippen LogP contribution in [0.3, 0.4) is 0 Å². The maximum Gasteiger partial charge on any atom is 0.349 e. The van der Waals surface area contributed by atoms with E-state index in [9.17, 15) is 14.4 Å². The van der Waals surface area contributed by atoms with Crippen molar-refractivity contribution in [3.05, 3.63) is 39.2 Å². The van der Waals surface area contributed by atoms with Crippen molar-refractivity contribution in [2.45, 2.75) is 39.5 Å². The Kier molecular flexibility index (Phi) is 13.3. The maximum absolute atomic E-state index is 12.7. The highest BCUT2D eigenvalue weighted by Crippen LogP contribution is 2.36. The molecule has 222 valence electrons. The smallest absolute Gasteiger partial charge is 0.349 e. The molecule has 1 aromatic carbocycles. The molecule has 0 atom stereocenters. The van der Waals surface area contributed by atoms with E-state index < -0.39 is 11.5 Å². The molecule has 2 aromatic rings. The summed E-state index contributed by atoms with van der Waals surface area (Å²) in [5, 5.41) is 3.51. The third-order valence-corrected chi connectivity index (χ3v) is 6.62. The molecule has 40 heavy (non-hydrogen) atoms. The predicted octanol–water partition coefficient (Wildman–Crippen LogP) is 1.30. The molecule has 0 saturated heterocycles. The molecule has 4 N–H and O–H groups in total. The molecule has 12 nitrogen and oxygen atoms in total. The van der Waals surface area contributed by atoms with Crippen LogP contribution in [-0.2, 0) is 36.6 Å².